The maximum Gasteiger partial charge on any atom is 0.266 e. The van der Waals surface area contributed by atoms with Crippen molar-refractivity contribution in [1.29, 1.82) is 0 Å². The number of carbonyl (C=O) groups is 2. The van der Waals surface area contributed by atoms with E-state index < -0.39 is 0 Å². The van der Waals surface area contributed by atoms with Crippen LogP contribution in [0.3, 0.4) is 0 Å². The molecule has 124 valence electrons. The Morgan fingerprint density at radius 2 is 2.22 bits per heavy atom. The zero-order valence-electron chi connectivity index (χ0n) is 13.4. The Morgan fingerprint density at radius 3 is 2.83 bits per heavy atom. The standard InChI is InChI=1S/C16H20N2O3S2/c1-16(2,3)17-13(19)7-4-8-18-14(20)12(23-15(18)22)10-11-6-5-9-21-11/h5-6,9-10H,4,7-8H2,1-3H3,(H,17,19). The smallest absolute Gasteiger partial charge is 0.266 e. The van der Waals surface area contributed by atoms with Crippen LogP contribution in [0, 0.1) is 0 Å². The molecule has 1 aliphatic rings. The van der Waals surface area contributed by atoms with E-state index in [2.05, 4.69) is 5.32 Å². The Morgan fingerprint density at radius 1 is 1.48 bits per heavy atom. The van der Waals surface area contributed by atoms with Crippen molar-refractivity contribution in [3.8, 4) is 0 Å². The van der Waals surface area contributed by atoms with E-state index >= 15 is 0 Å². The number of nitrogens with zero attached hydrogens (tertiary/aromatic N) is 1. The normalized spacial score (nSPS) is 17.2. The van der Waals surface area contributed by atoms with Gasteiger partial charge in [-0.2, -0.15) is 0 Å². The van der Waals surface area contributed by atoms with E-state index in [-0.39, 0.29) is 17.4 Å². The highest BCUT2D eigenvalue weighted by atomic mass is 32.2. The van der Waals surface area contributed by atoms with Crippen LogP contribution in [0.1, 0.15) is 39.4 Å². The Labute approximate surface area is 145 Å². The van der Waals surface area contributed by atoms with Crippen LogP contribution >= 0.6 is 24.0 Å². The number of nitrogens with one attached hydrogen (secondary N) is 1. The zero-order chi connectivity index (χ0) is 17.0. The van der Waals surface area contributed by atoms with Crippen molar-refractivity contribution in [3.05, 3.63) is 29.1 Å². The van der Waals surface area contributed by atoms with Gasteiger partial charge in [0.15, 0.2) is 0 Å². The third kappa shape index (κ3) is 5.21. The van der Waals surface area contributed by atoms with E-state index in [0.717, 1.165) is 0 Å². The summed E-state index contributed by atoms with van der Waals surface area (Å²) < 4.78 is 5.73. The van der Waals surface area contributed by atoms with Gasteiger partial charge in [-0.3, -0.25) is 14.5 Å². The zero-order valence-corrected chi connectivity index (χ0v) is 15.1. The van der Waals surface area contributed by atoms with E-state index in [1.54, 1.807) is 29.4 Å². The molecule has 7 heteroatoms. The van der Waals surface area contributed by atoms with E-state index in [0.29, 0.717) is 34.4 Å². The summed E-state index contributed by atoms with van der Waals surface area (Å²) >= 11 is 6.51. The summed E-state index contributed by atoms with van der Waals surface area (Å²) in [4.78, 5) is 26.2. The van der Waals surface area contributed by atoms with Crippen molar-refractivity contribution in [2.75, 3.05) is 6.54 Å². The largest absolute Gasteiger partial charge is 0.465 e. The van der Waals surface area contributed by atoms with Gasteiger partial charge in [-0.25, -0.2) is 0 Å². The van der Waals surface area contributed by atoms with Gasteiger partial charge in [-0.05, 0) is 39.3 Å². The van der Waals surface area contributed by atoms with Crippen molar-refractivity contribution < 1.29 is 14.0 Å². The second-order valence-electron chi connectivity index (χ2n) is 6.25. The molecule has 2 heterocycles. The predicted octanol–water partition coefficient (Wildman–Crippen LogP) is 3.18. The second kappa shape index (κ2) is 7.31. The fourth-order valence-corrected chi connectivity index (χ4v) is 3.36. The van der Waals surface area contributed by atoms with Crippen molar-refractivity contribution in [1.82, 2.24) is 10.2 Å². The molecule has 0 bridgehead atoms. The van der Waals surface area contributed by atoms with E-state index in [4.69, 9.17) is 16.6 Å². The maximum atomic E-state index is 12.4. The molecule has 1 aromatic heterocycles. The van der Waals surface area contributed by atoms with E-state index in [9.17, 15) is 9.59 Å². The molecule has 2 amide bonds. The van der Waals surface area contributed by atoms with Crippen molar-refractivity contribution in [3.63, 3.8) is 0 Å². The molecule has 0 spiro atoms. The van der Waals surface area contributed by atoms with Crippen LogP contribution in [0.25, 0.3) is 6.08 Å². The molecular formula is C16H20N2O3S2. The van der Waals surface area contributed by atoms with Crippen molar-refractivity contribution in [2.24, 2.45) is 0 Å². The molecular weight excluding hydrogens is 332 g/mol. The first-order valence-corrected chi connectivity index (χ1v) is 8.58. The van der Waals surface area contributed by atoms with Gasteiger partial charge in [-0.15, -0.1) is 0 Å². The fraction of sp³-hybridized carbons (Fsp3) is 0.438. The molecule has 0 aromatic carbocycles. The maximum absolute atomic E-state index is 12.4. The molecule has 0 aliphatic carbocycles. The lowest BCUT2D eigenvalue weighted by Crippen LogP contribution is -2.40. The molecule has 1 aliphatic heterocycles. The highest BCUT2D eigenvalue weighted by Crippen LogP contribution is 2.32. The number of thioether (sulfide) groups is 1. The number of thiocarbonyl (C=S) groups is 1. The fourth-order valence-electron chi connectivity index (χ4n) is 2.07. The lowest BCUT2D eigenvalue weighted by Gasteiger charge is -2.21. The summed E-state index contributed by atoms with van der Waals surface area (Å²) in [6, 6.07) is 3.55. The highest BCUT2D eigenvalue weighted by molar-refractivity contribution is 8.26. The summed E-state index contributed by atoms with van der Waals surface area (Å²) in [7, 11) is 0. The number of carbonyl (C=O) groups excluding carboxylic acids is 2. The molecule has 1 saturated heterocycles. The number of hydrogen-bond acceptors (Lipinski definition) is 5. The van der Waals surface area contributed by atoms with Crippen molar-refractivity contribution >= 4 is 46.2 Å². The minimum absolute atomic E-state index is 0.0194. The molecule has 1 N–H and O–H groups in total. The third-order valence-corrected chi connectivity index (χ3v) is 4.37. The summed E-state index contributed by atoms with van der Waals surface area (Å²) in [5.41, 5.74) is -0.245. The minimum Gasteiger partial charge on any atom is -0.465 e. The van der Waals surface area contributed by atoms with E-state index in [1.807, 2.05) is 20.8 Å². The highest BCUT2D eigenvalue weighted by Gasteiger charge is 2.31. The van der Waals surface area contributed by atoms with Crippen LogP contribution < -0.4 is 5.32 Å². The van der Waals surface area contributed by atoms with Crippen LogP contribution in [-0.4, -0.2) is 33.1 Å². The Balaban J connectivity index is 1.88. The lowest BCUT2D eigenvalue weighted by molar-refractivity contribution is -0.124. The Bertz CT molecular complexity index is 630. The first-order valence-electron chi connectivity index (χ1n) is 7.36. The third-order valence-electron chi connectivity index (χ3n) is 2.99. The summed E-state index contributed by atoms with van der Waals surface area (Å²) in [5.74, 6) is 0.469. The first kappa shape index (κ1) is 17.7. The molecule has 0 saturated carbocycles. The topological polar surface area (TPSA) is 62.6 Å². The van der Waals surface area contributed by atoms with Crippen LogP contribution in [0.4, 0.5) is 0 Å². The summed E-state index contributed by atoms with van der Waals surface area (Å²) in [5, 5.41) is 2.90. The number of rotatable bonds is 5. The molecule has 1 fully saturated rings. The first-order chi connectivity index (χ1) is 10.8. The molecule has 5 nitrogen and oxygen atoms in total. The van der Waals surface area contributed by atoms with E-state index in [1.165, 1.54) is 11.8 Å². The monoisotopic (exact) mass is 352 g/mol. The number of hydrogen-bond donors (Lipinski definition) is 1. The van der Waals surface area contributed by atoms with Gasteiger partial charge >= 0.3 is 0 Å². The summed E-state index contributed by atoms with van der Waals surface area (Å²) in [6.45, 7) is 6.25. The van der Waals surface area contributed by atoms with Crippen LogP contribution in [-0.2, 0) is 9.59 Å². The molecule has 0 atom stereocenters. The van der Waals surface area contributed by atoms with Crippen LogP contribution in [0.2, 0.25) is 0 Å². The molecule has 0 unspecified atom stereocenters. The van der Waals surface area contributed by atoms with Gasteiger partial charge in [0.25, 0.3) is 5.91 Å². The molecule has 0 radical (unpaired) electrons. The summed E-state index contributed by atoms with van der Waals surface area (Å²) in [6.07, 6.45) is 4.18. The van der Waals surface area contributed by atoms with Crippen molar-refractivity contribution in [2.45, 2.75) is 39.2 Å². The molecule has 23 heavy (non-hydrogen) atoms. The van der Waals surface area contributed by atoms with Gasteiger partial charge in [0.05, 0.1) is 11.2 Å². The lowest BCUT2D eigenvalue weighted by atomic mass is 10.1. The average Bonchev–Trinajstić information content (AvgIpc) is 3.01. The van der Waals surface area contributed by atoms with Gasteiger partial charge < -0.3 is 9.73 Å². The number of furan rings is 1. The molecule has 2 rings (SSSR count). The SMILES string of the molecule is CC(C)(C)NC(=O)CCCN1C(=O)C(=Cc2ccco2)SC1=S. The Hall–Kier alpha value is -1.60. The quantitative estimate of drug-likeness (QED) is 0.651. The van der Waals surface area contributed by atoms with Crippen LogP contribution in [0.15, 0.2) is 27.7 Å². The van der Waals surface area contributed by atoms with Gasteiger partial charge in [0.1, 0.15) is 10.1 Å². The van der Waals surface area contributed by atoms with Crippen LogP contribution in [0.5, 0.6) is 0 Å². The van der Waals surface area contributed by atoms with Gasteiger partial charge in [0, 0.05) is 24.6 Å². The molecule has 1 aromatic rings. The second-order valence-corrected chi connectivity index (χ2v) is 7.93. The van der Waals surface area contributed by atoms with Gasteiger partial charge in [0.2, 0.25) is 5.91 Å². The predicted molar refractivity (Wildman–Crippen MR) is 95.7 cm³/mol. The average molecular weight is 352 g/mol. The minimum atomic E-state index is -0.245. The number of amides is 2. The van der Waals surface area contributed by atoms with Gasteiger partial charge in [-0.1, -0.05) is 24.0 Å². The Kier molecular flexibility index (Phi) is 5.64.